The summed E-state index contributed by atoms with van der Waals surface area (Å²) >= 11 is 6.35. The van der Waals surface area contributed by atoms with Crippen LogP contribution in [-0.2, 0) is 9.47 Å². The number of aromatic nitrogens is 2. The molecule has 1 amide bonds. The lowest BCUT2D eigenvalue weighted by atomic mass is 9.93. The molecule has 1 saturated carbocycles. The molecule has 0 bridgehead atoms. The van der Waals surface area contributed by atoms with E-state index < -0.39 is 11.7 Å². The fourth-order valence-corrected chi connectivity index (χ4v) is 5.39. The lowest BCUT2D eigenvalue weighted by molar-refractivity contribution is -0.169. The first kappa shape index (κ1) is 25.8. The molecule has 0 atom stereocenters. The van der Waals surface area contributed by atoms with E-state index in [-0.39, 0.29) is 28.8 Å². The number of nitrogens with one attached hydrogen (secondary N) is 2. The van der Waals surface area contributed by atoms with Crippen molar-refractivity contribution >= 4 is 40.5 Å². The zero-order valence-electron chi connectivity index (χ0n) is 20.8. The van der Waals surface area contributed by atoms with E-state index in [1.165, 1.54) is 0 Å². The second-order valence-electron chi connectivity index (χ2n) is 9.68. The Hall–Kier alpha value is -2.86. The van der Waals surface area contributed by atoms with Gasteiger partial charge in [0.2, 0.25) is 0 Å². The minimum Gasteiger partial charge on any atom is -0.495 e. The summed E-state index contributed by atoms with van der Waals surface area (Å²) in [7, 11) is 1.64. The van der Waals surface area contributed by atoms with Gasteiger partial charge in [-0.05, 0) is 43.9 Å². The number of aliphatic hydroxyl groups is 1. The maximum Gasteiger partial charge on any atom is 0.271 e. The molecule has 3 aliphatic rings. The van der Waals surface area contributed by atoms with E-state index in [0.29, 0.717) is 37.6 Å². The Morgan fingerprint density at radius 3 is 2.51 bits per heavy atom. The van der Waals surface area contributed by atoms with Crippen LogP contribution in [0.1, 0.15) is 49.0 Å². The van der Waals surface area contributed by atoms with Crippen LogP contribution in [0.2, 0.25) is 5.15 Å². The number of rotatable bonds is 7. The molecule has 1 aromatic carbocycles. The fourth-order valence-electron chi connectivity index (χ4n) is 5.20. The summed E-state index contributed by atoms with van der Waals surface area (Å²) < 4.78 is 17.4. The predicted octanol–water partition coefficient (Wildman–Crippen LogP) is 3.04. The highest BCUT2D eigenvalue weighted by atomic mass is 35.5. The third-order valence-corrected chi connectivity index (χ3v) is 7.51. The fraction of sp³-hybridized carbons (Fsp3) is 0.560. The van der Waals surface area contributed by atoms with Crippen LogP contribution in [-0.4, -0.2) is 72.3 Å². The van der Waals surface area contributed by atoms with Gasteiger partial charge in [-0.1, -0.05) is 11.6 Å². The number of halogens is 1. The van der Waals surface area contributed by atoms with Gasteiger partial charge in [0, 0.05) is 37.7 Å². The molecule has 12 heteroatoms. The number of benzene rings is 1. The molecule has 3 heterocycles. The highest BCUT2D eigenvalue weighted by Crippen LogP contribution is 2.38. The first-order chi connectivity index (χ1) is 17.9. The summed E-state index contributed by atoms with van der Waals surface area (Å²) in [4.78, 5) is 23.2. The van der Waals surface area contributed by atoms with Crippen LogP contribution in [0, 0.1) is 0 Å². The van der Waals surface area contributed by atoms with Gasteiger partial charge in [0.25, 0.3) is 5.91 Å². The Bertz CT molecular complexity index is 1130. The van der Waals surface area contributed by atoms with Crippen molar-refractivity contribution in [1.29, 1.82) is 0 Å². The summed E-state index contributed by atoms with van der Waals surface area (Å²) in [5.74, 6) is 0.0815. The van der Waals surface area contributed by atoms with Gasteiger partial charge in [0.1, 0.15) is 5.75 Å². The Kier molecular flexibility index (Phi) is 7.57. The molecule has 1 aromatic heterocycles. The lowest BCUT2D eigenvalue weighted by Crippen LogP contribution is -2.45. The van der Waals surface area contributed by atoms with Crippen molar-refractivity contribution in [3.63, 3.8) is 0 Å². The molecule has 37 heavy (non-hydrogen) atoms. The van der Waals surface area contributed by atoms with Crippen LogP contribution in [0.25, 0.3) is 0 Å². The van der Waals surface area contributed by atoms with Crippen molar-refractivity contribution < 1.29 is 24.1 Å². The van der Waals surface area contributed by atoms with Gasteiger partial charge in [-0.25, -0.2) is 9.97 Å². The Balaban J connectivity index is 1.38. The predicted molar refractivity (Wildman–Crippen MR) is 140 cm³/mol. The number of nitrogens with two attached hydrogens (primary N) is 1. The third kappa shape index (κ3) is 5.69. The van der Waals surface area contributed by atoms with Crippen molar-refractivity contribution in [2.45, 2.75) is 56.5 Å². The van der Waals surface area contributed by atoms with E-state index in [0.717, 1.165) is 50.2 Å². The van der Waals surface area contributed by atoms with Crippen molar-refractivity contribution in [2.75, 3.05) is 48.9 Å². The van der Waals surface area contributed by atoms with Gasteiger partial charge in [-0.2, -0.15) is 0 Å². The molecule has 2 aliphatic heterocycles. The number of methoxy groups -OCH3 is 1. The van der Waals surface area contributed by atoms with Crippen LogP contribution in [0.3, 0.4) is 0 Å². The van der Waals surface area contributed by atoms with Crippen molar-refractivity contribution in [3.8, 4) is 5.75 Å². The maximum atomic E-state index is 12.2. The van der Waals surface area contributed by atoms with Crippen molar-refractivity contribution in [1.82, 2.24) is 9.97 Å². The number of amides is 1. The molecule has 3 fully saturated rings. The second-order valence-corrected chi connectivity index (χ2v) is 10.0. The van der Waals surface area contributed by atoms with Gasteiger partial charge < -0.3 is 40.6 Å². The molecule has 1 spiro atoms. The van der Waals surface area contributed by atoms with E-state index in [1.807, 2.05) is 18.2 Å². The van der Waals surface area contributed by atoms with Crippen LogP contribution in [0.5, 0.6) is 5.75 Å². The summed E-state index contributed by atoms with van der Waals surface area (Å²) in [5.41, 5.74) is 7.14. The quantitative estimate of drug-likeness (QED) is 0.420. The number of carbonyl (C=O) groups excluding carboxylic acids is 1. The summed E-state index contributed by atoms with van der Waals surface area (Å²) in [6.07, 6.45) is 4.23. The van der Waals surface area contributed by atoms with Crippen LogP contribution in [0.15, 0.2) is 18.2 Å². The highest BCUT2D eigenvalue weighted by Gasteiger charge is 2.40. The number of hydrogen-bond donors (Lipinski definition) is 4. The molecular formula is C25H33ClN6O5. The number of anilines is 4. The third-order valence-electron chi connectivity index (χ3n) is 7.25. The normalized spacial score (nSPS) is 23.2. The molecule has 5 N–H and O–H groups in total. The monoisotopic (exact) mass is 532 g/mol. The van der Waals surface area contributed by atoms with E-state index in [4.69, 9.17) is 31.5 Å². The van der Waals surface area contributed by atoms with Crippen molar-refractivity contribution in [2.24, 2.45) is 5.73 Å². The summed E-state index contributed by atoms with van der Waals surface area (Å²) in [5, 5.41) is 16.4. The van der Waals surface area contributed by atoms with Crippen LogP contribution < -0.4 is 26.0 Å². The number of nitrogens with zero attached hydrogens (tertiary/aromatic N) is 3. The average Bonchev–Trinajstić information content (AvgIpc) is 3.35. The second kappa shape index (κ2) is 10.9. The van der Waals surface area contributed by atoms with E-state index in [2.05, 4.69) is 25.5 Å². The molecular weight excluding hydrogens is 500 g/mol. The van der Waals surface area contributed by atoms with Gasteiger partial charge >= 0.3 is 0 Å². The topological polar surface area (TPSA) is 144 Å². The number of aliphatic hydroxyl groups excluding tert-OH is 1. The molecule has 0 radical (unpaired) electrons. The number of hydrogen-bond acceptors (Lipinski definition) is 10. The first-order valence-corrected chi connectivity index (χ1v) is 13.0. The number of carbonyl (C=O) groups is 1. The highest BCUT2D eigenvalue weighted by molar-refractivity contribution is 6.32. The van der Waals surface area contributed by atoms with Crippen LogP contribution >= 0.6 is 11.6 Å². The molecule has 1 aliphatic carbocycles. The van der Waals surface area contributed by atoms with Gasteiger partial charge in [-0.3, -0.25) is 4.79 Å². The summed E-state index contributed by atoms with van der Waals surface area (Å²) in [6.45, 7) is 2.76. The average molecular weight is 533 g/mol. The number of piperidine rings is 1. The minimum atomic E-state index is -0.740. The van der Waals surface area contributed by atoms with E-state index in [1.54, 1.807) is 7.11 Å². The number of primary amides is 1. The van der Waals surface area contributed by atoms with Crippen LogP contribution in [0.4, 0.5) is 23.0 Å². The Morgan fingerprint density at radius 2 is 1.86 bits per heavy atom. The zero-order chi connectivity index (χ0) is 26.0. The maximum absolute atomic E-state index is 12.2. The molecule has 2 saturated heterocycles. The number of ether oxygens (including phenoxy) is 3. The lowest BCUT2D eigenvalue weighted by Gasteiger charge is -2.39. The minimum absolute atomic E-state index is 0.0533. The largest absolute Gasteiger partial charge is 0.495 e. The molecule has 5 rings (SSSR count). The molecule has 11 nitrogen and oxygen atoms in total. The molecule has 200 valence electrons. The van der Waals surface area contributed by atoms with Gasteiger partial charge in [0.05, 0.1) is 32.1 Å². The van der Waals surface area contributed by atoms with E-state index >= 15 is 0 Å². The molecule has 2 aromatic rings. The smallest absolute Gasteiger partial charge is 0.271 e. The zero-order valence-corrected chi connectivity index (χ0v) is 21.6. The first-order valence-electron chi connectivity index (χ1n) is 12.7. The van der Waals surface area contributed by atoms with Gasteiger partial charge in [0.15, 0.2) is 28.3 Å². The SMILES string of the molecule is COc1ccc(Nc2nc(N[C@H]3CC[C@H](O)CC3)c(Cl)nc2C(N)=O)cc1N1CCC2(CC1)OCCO2. The van der Waals surface area contributed by atoms with Crippen molar-refractivity contribution in [3.05, 3.63) is 29.0 Å². The Morgan fingerprint density at radius 1 is 1.16 bits per heavy atom. The Labute approximate surface area is 220 Å². The molecule has 0 unspecified atom stereocenters. The van der Waals surface area contributed by atoms with E-state index in [9.17, 15) is 9.90 Å². The standard InChI is InChI=1S/C25H33ClN6O5/c1-35-19-7-4-16(14-18(19)32-10-8-25(9-11-32)36-12-13-37-25)29-23-20(22(27)34)30-21(26)24(31-23)28-15-2-5-17(33)6-3-15/h4,7,14-15,17,33H,2-3,5-6,8-13H2,1H3,(H2,27,34)(H2,28,29,31)/t15-,17-. The summed E-state index contributed by atoms with van der Waals surface area (Å²) in [6, 6.07) is 5.76. The van der Waals surface area contributed by atoms with Gasteiger partial charge in [-0.15, -0.1) is 0 Å².